The molecular formula is C32H21NO3S. The second kappa shape index (κ2) is 8.22. The molecule has 7 aromatic carbocycles. The van der Waals surface area contributed by atoms with Gasteiger partial charge in [0.1, 0.15) is 4.90 Å². The number of fused-ring (bicyclic) bond motifs is 1. The molecule has 0 fully saturated rings. The summed E-state index contributed by atoms with van der Waals surface area (Å²) < 4.78 is 33.6. The Morgan fingerprint density at radius 1 is 0.514 bits per heavy atom. The van der Waals surface area contributed by atoms with E-state index in [0.29, 0.717) is 16.8 Å². The molecule has 0 radical (unpaired) electrons. The van der Waals surface area contributed by atoms with Crippen LogP contribution in [0.2, 0.25) is 0 Å². The van der Waals surface area contributed by atoms with E-state index in [2.05, 4.69) is 29.6 Å². The van der Waals surface area contributed by atoms with E-state index in [1.807, 2.05) is 78.9 Å². The van der Waals surface area contributed by atoms with Crippen LogP contribution in [-0.4, -0.2) is 8.42 Å². The molecule has 5 heteroatoms. The molecule has 0 heterocycles. The van der Waals surface area contributed by atoms with Gasteiger partial charge in [-0.2, -0.15) is 8.42 Å². The number of nitrogens with one attached hydrogen (secondary N) is 1. The summed E-state index contributed by atoms with van der Waals surface area (Å²) in [7, 11) is -4.16. The fourth-order valence-electron chi connectivity index (χ4n) is 5.24. The minimum Gasteiger partial charge on any atom is -0.378 e. The first kappa shape index (κ1) is 21.7. The third kappa shape index (κ3) is 3.55. The molecule has 37 heavy (non-hydrogen) atoms. The van der Waals surface area contributed by atoms with Crippen molar-refractivity contribution in [1.29, 1.82) is 0 Å². The Bertz CT molecular complexity index is 2030. The van der Waals surface area contributed by atoms with Gasteiger partial charge in [0.15, 0.2) is 5.75 Å². The lowest BCUT2D eigenvalue weighted by Gasteiger charge is -2.16. The van der Waals surface area contributed by atoms with Gasteiger partial charge in [-0.1, -0.05) is 84.9 Å². The Hall–Kier alpha value is -4.61. The lowest BCUT2D eigenvalue weighted by molar-refractivity contribution is 0.490. The fourth-order valence-corrected chi connectivity index (χ4v) is 6.43. The molecule has 0 unspecified atom stereocenters. The molecule has 1 N–H and O–H groups in total. The monoisotopic (exact) mass is 499 g/mol. The minimum atomic E-state index is -4.16. The number of para-hydroxylation sites is 1. The number of hydrogen-bond donors (Lipinski definition) is 1. The maximum Gasteiger partial charge on any atom is 0.339 e. The van der Waals surface area contributed by atoms with Gasteiger partial charge in [0.25, 0.3) is 0 Å². The Morgan fingerprint density at radius 2 is 1.11 bits per heavy atom. The van der Waals surface area contributed by atoms with Gasteiger partial charge in [0, 0.05) is 27.5 Å². The highest BCUT2D eigenvalue weighted by molar-refractivity contribution is 7.87. The Balaban J connectivity index is 1.39. The predicted octanol–water partition coefficient (Wildman–Crippen LogP) is 8.25. The molecular weight excluding hydrogens is 478 g/mol. The summed E-state index contributed by atoms with van der Waals surface area (Å²) in [4.78, 5) is 0.120. The van der Waals surface area contributed by atoms with Gasteiger partial charge in [-0.05, 0) is 63.3 Å². The summed E-state index contributed by atoms with van der Waals surface area (Å²) in [6.07, 6.45) is 0. The van der Waals surface area contributed by atoms with E-state index in [1.165, 1.54) is 0 Å². The van der Waals surface area contributed by atoms with Crippen LogP contribution in [0.15, 0.2) is 126 Å². The van der Waals surface area contributed by atoms with Crippen LogP contribution < -0.4 is 9.50 Å². The molecule has 178 valence electrons. The van der Waals surface area contributed by atoms with Crippen LogP contribution in [0.4, 0.5) is 11.4 Å². The maximum atomic E-state index is 13.8. The summed E-state index contributed by atoms with van der Waals surface area (Å²) in [6, 6.07) is 38.6. The molecule has 0 aliphatic rings. The van der Waals surface area contributed by atoms with Crippen LogP contribution in [0.25, 0.3) is 43.1 Å². The summed E-state index contributed by atoms with van der Waals surface area (Å²) in [5, 5.41) is 10.9. The molecule has 0 amide bonds. The molecule has 0 bridgehead atoms. The van der Waals surface area contributed by atoms with E-state index in [4.69, 9.17) is 4.18 Å². The lowest BCUT2D eigenvalue weighted by atomic mass is 9.94. The van der Waals surface area contributed by atoms with Crippen molar-refractivity contribution in [2.45, 2.75) is 4.90 Å². The van der Waals surface area contributed by atoms with Crippen molar-refractivity contribution in [1.82, 2.24) is 0 Å². The lowest BCUT2D eigenvalue weighted by Crippen LogP contribution is -2.11. The first-order valence-electron chi connectivity index (χ1n) is 12.0. The van der Waals surface area contributed by atoms with Gasteiger partial charge < -0.3 is 9.50 Å². The van der Waals surface area contributed by atoms with Crippen LogP contribution in [-0.2, 0) is 10.1 Å². The molecule has 0 saturated carbocycles. The summed E-state index contributed by atoms with van der Waals surface area (Å²) in [5.74, 6) is 0.316. The third-order valence-corrected chi connectivity index (χ3v) is 8.15. The molecule has 7 aromatic rings. The van der Waals surface area contributed by atoms with Crippen LogP contribution in [0, 0.1) is 0 Å². The number of benzene rings is 7. The van der Waals surface area contributed by atoms with E-state index in [-0.39, 0.29) is 4.90 Å². The number of hydrogen-bond acceptors (Lipinski definition) is 4. The zero-order chi connectivity index (χ0) is 25.0. The van der Waals surface area contributed by atoms with Crippen LogP contribution in [0.5, 0.6) is 5.75 Å². The first-order valence-corrected chi connectivity index (χ1v) is 13.4. The van der Waals surface area contributed by atoms with Crippen molar-refractivity contribution < 1.29 is 12.6 Å². The van der Waals surface area contributed by atoms with E-state index >= 15 is 0 Å². The van der Waals surface area contributed by atoms with Gasteiger partial charge in [-0.3, -0.25) is 0 Å². The minimum absolute atomic E-state index is 0.120. The predicted molar refractivity (Wildman–Crippen MR) is 152 cm³/mol. The first-order chi connectivity index (χ1) is 18.1. The van der Waals surface area contributed by atoms with Crippen molar-refractivity contribution >= 4 is 64.6 Å². The standard InChI is InChI=1S/C32H21NO3S/c34-37(35,29-14-6-10-21-9-5-13-27(32(21)29)33-25-11-2-1-3-12-25)36-28-20-18-24-16-15-22-7-4-8-23-17-19-26(28)31(24)30(22)23/h1-20,33H. The maximum absolute atomic E-state index is 13.8. The van der Waals surface area contributed by atoms with Crippen molar-refractivity contribution in [3.05, 3.63) is 121 Å². The van der Waals surface area contributed by atoms with Crippen molar-refractivity contribution in [3.8, 4) is 5.75 Å². The molecule has 4 nitrogen and oxygen atoms in total. The Labute approximate surface area is 214 Å². The fraction of sp³-hybridized carbons (Fsp3) is 0. The second-order valence-electron chi connectivity index (χ2n) is 9.11. The topological polar surface area (TPSA) is 55.4 Å². The van der Waals surface area contributed by atoms with Crippen LogP contribution in [0.3, 0.4) is 0 Å². The highest BCUT2D eigenvalue weighted by Crippen LogP contribution is 2.40. The van der Waals surface area contributed by atoms with Crippen LogP contribution >= 0.6 is 0 Å². The summed E-state index contributed by atoms with van der Waals surface area (Å²) in [6.45, 7) is 0. The zero-order valence-corrected chi connectivity index (χ0v) is 20.5. The van der Waals surface area contributed by atoms with Crippen molar-refractivity contribution in [2.75, 3.05) is 5.32 Å². The average molecular weight is 500 g/mol. The second-order valence-corrected chi connectivity index (χ2v) is 10.6. The van der Waals surface area contributed by atoms with Gasteiger partial charge in [-0.15, -0.1) is 0 Å². The van der Waals surface area contributed by atoms with E-state index in [1.54, 1.807) is 18.2 Å². The van der Waals surface area contributed by atoms with Crippen molar-refractivity contribution in [3.63, 3.8) is 0 Å². The number of anilines is 2. The summed E-state index contributed by atoms with van der Waals surface area (Å²) in [5.41, 5.74) is 1.57. The smallest absolute Gasteiger partial charge is 0.339 e. The highest BCUT2D eigenvalue weighted by Gasteiger charge is 2.23. The summed E-state index contributed by atoms with van der Waals surface area (Å²) >= 11 is 0. The normalized spacial score (nSPS) is 12.0. The van der Waals surface area contributed by atoms with E-state index in [9.17, 15) is 8.42 Å². The zero-order valence-electron chi connectivity index (χ0n) is 19.7. The van der Waals surface area contributed by atoms with Gasteiger partial charge in [0.2, 0.25) is 0 Å². The molecule has 0 aliphatic carbocycles. The van der Waals surface area contributed by atoms with Gasteiger partial charge in [-0.25, -0.2) is 0 Å². The van der Waals surface area contributed by atoms with Crippen LogP contribution in [0.1, 0.15) is 0 Å². The van der Waals surface area contributed by atoms with Crippen molar-refractivity contribution in [2.24, 2.45) is 0 Å². The molecule has 0 saturated heterocycles. The SMILES string of the molecule is O=S(=O)(Oc1ccc2ccc3cccc4ccc1c2c34)c1cccc2cccc(Nc3ccccc3)c12. The number of rotatable bonds is 5. The quantitative estimate of drug-likeness (QED) is 0.191. The molecule has 7 rings (SSSR count). The average Bonchev–Trinajstić information content (AvgIpc) is 2.93. The Morgan fingerprint density at radius 3 is 1.86 bits per heavy atom. The van der Waals surface area contributed by atoms with Gasteiger partial charge >= 0.3 is 10.1 Å². The van der Waals surface area contributed by atoms with E-state index in [0.717, 1.165) is 43.4 Å². The molecule has 0 atom stereocenters. The third-order valence-electron chi connectivity index (χ3n) is 6.88. The Kier molecular flexibility index (Phi) is 4.81. The van der Waals surface area contributed by atoms with Gasteiger partial charge in [0.05, 0.1) is 0 Å². The largest absolute Gasteiger partial charge is 0.378 e. The highest BCUT2D eigenvalue weighted by atomic mass is 32.2. The van der Waals surface area contributed by atoms with E-state index < -0.39 is 10.1 Å². The molecule has 0 spiro atoms. The molecule has 0 aliphatic heterocycles. The molecule has 0 aromatic heterocycles.